The zero-order valence-corrected chi connectivity index (χ0v) is 16.8. The van der Waals surface area contributed by atoms with Crippen molar-refractivity contribution in [2.45, 2.75) is 20.3 Å². The molecule has 0 spiro atoms. The van der Waals surface area contributed by atoms with Crippen molar-refractivity contribution in [3.05, 3.63) is 52.0 Å². The highest BCUT2D eigenvalue weighted by atomic mass is 79.9. The first-order valence-electron chi connectivity index (χ1n) is 8.74. The van der Waals surface area contributed by atoms with Crippen LogP contribution in [0.5, 0.6) is 11.5 Å². The molecule has 4 nitrogen and oxygen atoms in total. The number of halogens is 1. The molecule has 0 aliphatic carbocycles. The molecule has 1 aliphatic rings. The Morgan fingerprint density at radius 3 is 2.62 bits per heavy atom. The van der Waals surface area contributed by atoms with Crippen LogP contribution in [0.1, 0.15) is 31.4 Å². The van der Waals surface area contributed by atoms with Gasteiger partial charge in [0.25, 0.3) is 5.91 Å². The molecule has 0 fully saturated rings. The second kappa shape index (κ2) is 7.96. The Morgan fingerprint density at radius 2 is 1.92 bits per heavy atom. The summed E-state index contributed by atoms with van der Waals surface area (Å²) in [6.45, 7) is 5.27. The van der Waals surface area contributed by atoms with Gasteiger partial charge in [0.2, 0.25) is 0 Å². The van der Waals surface area contributed by atoms with Gasteiger partial charge in [-0.3, -0.25) is 4.79 Å². The van der Waals surface area contributed by atoms with Crippen LogP contribution in [-0.4, -0.2) is 26.2 Å². The maximum Gasteiger partial charge on any atom is 0.258 e. The van der Waals surface area contributed by atoms with Crippen LogP contribution in [0.25, 0.3) is 11.6 Å². The highest BCUT2D eigenvalue weighted by Crippen LogP contribution is 2.40. The van der Waals surface area contributed by atoms with Gasteiger partial charge in [0.1, 0.15) is 0 Å². The lowest BCUT2D eigenvalue weighted by Crippen LogP contribution is -2.26. The fraction of sp³-hybridized carbons (Fsp3) is 0.286. The van der Waals surface area contributed by atoms with Crippen LogP contribution in [0.3, 0.4) is 0 Å². The molecule has 2 aromatic rings. The molecule has 0 N–H and O–H groups in total. The van der Waals surface area contributed by atoms with Crippen molar-refractivity contribution < 1.29 is 14.3 Å². The third kappa shape index (κ3) is 3.36. The van der Waals surface area contributed by atoms with Crippen LogP contribution in [0, 0.1) is 0 Å². The summed E-state index contributed by atoms with van der Waals surface area (Å²) in [5.74, 6) is 1.36. The van der Waals surface area contributed by atoms with Gasteiger partial charge in [0, 0.05) is 22.2 Å². The molecule has 0 radical (unpaired) electrons. The SMILES string of the molecule is CCCN1C(=O)/C(=C\c2cc(OC)c(OCC)cc2Br)c2ccccc21. The average Bonchev–Trinajstić information content (AvgIpc) is 2.90. The van der Waals surface area contributed by atoms with Crippen molar-refractivity contribution in [2.75, 3.05) is 25.2 Å². The molecule has 0 bridgehead atoms. The first kappa shape index (κ1) is 18.5. The van der Waals surface area contributed by atoms with Gasteiger partial charge in [-0.2, -0.15) is 0 Å². The zero-order valence-electron chi connectivity index (χ0n) is 15.2. The van der Waals surface area contributed by atoms with Crippen LogP contribution in [0.4, 0.5) is 5.69 Å². The standard InChI is InChI=1S/C21H22BrNO3/c1-4-10-23-18-9-7-6-8-15(18)16(21(23)24)11-14-12-19(25-3)20(26-5-2)13-17(14)22/h6-9,11-13H,4-5,10H2,1-3H3/b16-11-. The zero-order chi connectivity index (χ0) is 18.7. The molecule has 0 aromatic heterocycles. The number of hydrogen-bond acceptors (Lipinski definition) is 3. The largest absolute Gasteiger partial charge is 0.493 e. The Bertz CT molecular complexity index is 860. The maximum atomic E-state index is 13.0. The van der Waals surface area contributed by atoms with Crippen molar-refractivity contribution in [2.24, 2.45) is 0 Å². The number of hydrogen-bond donors (Lipinski definition) is 0. The van der Waals surface area contributed by atoms with E-state index >= 15 is 0 Å². The highest BCUT2D eigenvalue weighted by molar-refractivity contribution is 9.10. The first-order chi connectivity index (χ1) is 12.6. The molecule has 3 rings (SSSR count). The molecular formula is C21H22BrNO3. The molecule has 0 unspecified atom stereocenters. The van der Waals surface area contributed by atoms with E-state index in [1.807, 2.05) is 54.3 Å². The van der Waals surface area contributed by atoms with Gasteiger partial charge in [-0.25, -0.2) is 0 Å². The van der Waals surface area contributed by atoms with Crippen molar-refractivity contribution >= 4 is 39.2 Å². The molecular weight excluding hydrogens is 394 g/mol. The molecule has 2 aromatic carbocycles. The smallest absolute Gasteiger partial charge is 0.258 e. The second-order valence-corrected chi connectivity index (χ2v) is 6.84. The topological polar surface area (TPSA) is 38.8 Å². The van der Waals surface area contributed by atoms with Crippen molar-refractivity contribution in [1.29, 1.82) is 0 Å². The van der Waals surface area contributed by atoms with Crippen LogP contribution in [0.2, 0.25) is 0 Å². The number of methoxy groups -OCH3 is 1. The van der Waals surface area contributed by atoms with Gasteiger partial charge in [0.05, 0.1) is 19.4 Å². The van der Waals surface area contributed by atoms with Gasteiger partial charge < -0.3 is 14.4 Å². The van der Waals surface area contributed by atoms with Gasteiger partial charge in [-0.15, -0.1) is 0 Å². The first-order valence-corrected chi connectivity index (χ1v) is 9.53. The van der Waals surface area contributed by atoms with Crippen LogP contribution >= 0.6 is 15.9 Å². The van der Waals surface area contributed by atoms with E-state index in [1.165, 1.54) is 0 Å². The minimum Gasteiger partial charge on any atom is -0.493 e. The van der Waals surface area contributed by atoms with Gasteiger partial charge in [0.15, 0.2) is 11.5 Å². The summed E-state index contributed by atoms with van der Waals surface area (Å²) < 4.78 is 11.9. The van der Waals surface area contributed by atoms with Crippen molar-refractivity contribution in [3.8, 4) is 11.5 Å². The van der Waals surface area contributed by atoms with Crippen LogP contribution < -0.4 is 14.4 Å². The average molecular weight is 416 g/mol. The quantitative estimate of drug-likeness (QED) is 0.611. The number of para-hydroxylation sites is 1. The normalized spacial score (nSPS) is 14.7. The second-order valence-electron chi connectivity index (χ2n) is 5.99. The molecule has 0 saturated carbocycles. The van der Waals surface area contributed by atoms with Crippen LogP contribution in [0.15, 0.2) is 40.9 Å². The Morgan fingerprint density at radius 1 is 1.15 bits per heavy atom. The van der Waals surface area contributed by atoms with E-state index in [4.69, 9.17) is 9.47 Å². The summed E-state index contributed by atoms with van der Waals surface area (Å²) in [4.78, 5) is 14.8. The van der Waals surface area contributed by atoms with E-state index < -0.39 is 0 Å². The van der Waals surface area contributed by atoms with Crippen molar-refractivity contribution in [1.82, 2.24) is 0 Å². The Hall–Kier alpha value is -2.27. The third-order valence-electron chi connectivity index (χ3n) is 4.29. The van der Waals surface area contributed by atoms with Crippen molar-refractivity contribution in [3.63, 3.8) is 0 Å². The number of anilines is 1. The molecule has 5 heteroatoms. The summed E-state index contributed by atoms with van der Waals surface area (Å²) in [5.41, 5.74) is 3.51. The molecule has 1 heterocycles. The van der Waals surface area contributed by atoms with E-state index in [1.54, 1.807) is 7.11 Å². The number of carbonyl (C=O) groups is 1. The molecule has 1 aliphatic heterocycles. The number of rotatable bonds is 6. The summed E-state index contributed by atoms with van der Waals surface area (Å²) in [6, 6.07) is 11.7. The van der Waals surface area contributed by atoms with E-state index in [0.717, 1.165) is 27.7 Å². The Labute approximate surface area is 162 Å². The lowest BCUT2D eigenvalue weighted by molar-refractivity contribution is -0.113. The summed E-state index contributed by atoms with van der Waals surface area (Å²) in [7, 11) is 1.61. The van der Waals surface area contributed by atoms with Gasteiger partial charge >= 0.3 is 0 Å². The van der Waals surface area contributed by atoms with E-state index in [9.17, 15) is 4.79 Å². The van der Waals surface area contributed by atoms with Gasteiger partial charge in [-0.05, 0) is 43.2 Å². The summed E-state index contributed by atoms with van der Waals surface area (Å²) >= 11 is 3.59. The maximum absolute atomic E-state index is 13.0. The minimum atomic E-state index is 0.0350. The Kier molecular flexibility index (Phi) is 5.67. The minimum absolute atomic E-state index is 0.0350. The monoisotopic (exact) mass is 415 g/mol. The number of amides is 1. The number of fused-ring (bicyclic) bond motifs is 1. The fourth-order valence-corrected chi connectivity index (χ4v) is 3.57. The number of carbonyl (C=O) groups excluding carboxylic acids is 1. The molecule has 1 amide bonds. The number of ether oxygens (including phenoxy) is 2. The lowest BCUT2D eigenvalue weighted by atomic mass is 10.0. The highest BCUT2D eigenvalue weighted by Gasteiger charge is 2.31. The lowest BCUT2D eigenvalue weighted by Gasteiger charge is -2.15. The van der Waals surface area contributed by atoms with E-state index in [2.05, 4.69) is 22.9 Å². The number of nitrogens with zero attached hydrogens (tertiary/aromatic N) is 1. The predicted molar refractivity (Wildman–Crippen MR) is 109 cm³/mol. The number of benzene rings is 2. The fourth-order valence-electron chi connectivity index (χ4n) is 3.14. The van der Waals surface area contributed by atoms with E-state index in [0.29, 0.717) is 30.2 Å². The molecule has 26 heavy (non-hydrogen) atoms. The molecule has 136 valence electrons. The van der Waals surface area contributed by atoms with Gasteiger partial charge in [-0.1, -0.05) is 41.1 Å². The molecule has 0 saturated heterocycles. The predicted octanol–water partition coefficient (Wildman–Crippen LogP) is 5.15. The third-order valence-corrected chi connectivity index (χ3v) is 4.98. The summed E-state index contributed by atoms with van der Waals surface area (Å²) in [5, 5.41) is 0. The molecule has 0 atom stereocenters. The summed E-state index contributed by atoms with van der Waals surface area (Å²) in [6.07, 6.45) is 2.83. The van der Waals surface area contributed by atoms with E-state index in [-0.39, 0.29) is 5.91 Å². The Balaban J connectivity index is 2.09. The van der Waals surface area contributed by atoms with Crippen LogP contribution in [-0.2, 0) is 4.79 Å².